The lowest BCUT2D eigenvalue weighted by Crippen LogP contribution is -2.48. The largest absolute Gasteiger partial charge is 0.389 e. The van der Waals surface area contributed by atoms with Gasteiger partial charge in [0.25, 0.3) is 0 Å². The molecule has 1 fully saturated rings. The number of aliphatic hydroxyl groups excluding tert-OH is 1. The highest BCUT2D eigenvalue weighted by Crippen LogP contribution is 2.59. The van der Waals surface area contributed by atoms with E-state index in [1.807, 2.05) is 6.08 Å². The molecule has 0 radical (unpaired) electrons. The molecule has 0 aromatic rings. The van der Waals surface area contributed by atoms with Gasteiger partial charge in [-0.05, 0) is 76.5 Å². The Morgan fingerprint density at radius 1 is 1.48 bits per heavy atom. The van der Waals surface area contributed by atoms with Gasteiger partial charge >= 0.3 is 0 Å². The first kappa shape index (κ1) is 16.5. The minimum Gasteiger partial charge on any atom is -0.389 e. The van der Waals surface area contributed by atoms with E-state index in [0.717, 1.165) is 19.3 Å². The minimum atomic E-state index is -0.293. The smallest absolute Gasteiger partial charge is 0.0728 e. The van der Waals surface area contributed by atoms with Gasteiger partial charge in [-0.3, -0.25) is 0 Å². The highest BCUT2D eigenvalue weighted by Gasteiger charge is 2.50. The second kappa shape index (κ2) is 6.52. The van der Waals surface area contributed by atoms with Crippen molar-refractivity contribution in [2.75, 3.05) is 0 Å². The Balaban J connectivity index is 2.08. The summed E-state index contributed by atoms with van der Waals surface area (Å²) in [4.78, 5) is 0. The fourth-order valence-electron chi connectivity index (χ4n) is 4.43. The van der Waals surface area contributed by atoms with E-state index < -0.39 is 0 Å². The van der Waals surface area contributed by atoms with Crippen LogP contribution in [0.3, 0.4) is 0 Å². The maximum Gasteiger partial charge on any atom is 0.0728 e. The zero-order chi connectivity index (χ0) is 15.6. The van der Waals surface area contributed by atoms with E-state index in [-0.39, 0.29) is 11.5 Å². The lowest BCUT2D eigenvalue weighted by molar-refractivity contribution is -0.0437. The van der Waals surface area contributed by atoms with Crippen molar-refractivity contribution in [1.29, 1.82) is 0 Å². The number of rotatable bonds is 3. The Labute approximate surface area is 130 Å². The molecule has 1 saturated carbocycles. The summed E-state index contributed by atoms with van der Waals surface area (Å²) in [6.07, 6.45) is 11.0. The van der Waals surface area contributed by atoms with E-state index in [1.165, 1.54) is 36.0 Å². The second-order valence-electron chi connectivity index (χ2n) is 7.87. The van der Waals surface area contributed by atoms with Crippen molar-refractivity contribution in [3.63, 3.8) is 0 Å². The first-order chi connectivity index (χ1) is 9.82. The first-order valence-electron chi connectivity index (χ1n) is 8.48. The molecule has 1 heteroatoms. The van der Waals surface area contributed by atoms with Crippen LogP contribution < -0.4 is 0 Å². The first-order valence-corrected chi connectivity index (χ1v) is 8.48. The van der Waals surface area contributed by atoms with Gasteiger partial charge in [-0.25, -0.2) is 0 Å². The van der Waals surface area contributed by atoms with E-state index in [9.17, 15) is 5.11 Å². The van der Waals surface area contributed by atoms with Crippen LogP contribution in [0.15, 0.2) is 35.5 Å². The number of hydrogen-bond acceptors (Lipinski definition) is 1. The van der Waals surface area contributed by atoms with Gasteiger partial charge in [0.2, 0.25) is 0 Å². The van der Waals surface area contributed by atoms with Gasteiger partial charge in [0, 0.05) is 0 Å². The van der Waals surface area contributed by atoms with Gasteiger partial charge in [0.1, 0.15) is 0 Å². The number of hydrogen-bond donors (Lipinski definition) is 1. The van der Waals surface area contributed by atoms with Gasteiger partial charge in [-0.15, -0.1) is 0 Å². The maximum atomic E-state index is 10.3. The molecule has 0 heterocycles. The summed E-state index contributed by atoms with van der Waals surface area (Å²) in [6.45, 7) is 13.1. The lowest BCUT2D eigenvalue weighted by Gasteiger charge is -2.55. The van der Waals surface area contributed by atoms with Crippen molar-refractivity contribution in [1.82, 2.24) is 0 Å². The Hall–Kier alpha value is -0.820. The molecule has 0 saturated heterocycles. The fourth-order valence-corrected chi connectivity index (χ4v) is 4.43. The van der Waals surface area contributed by atoms with Gasteiger partial charge in [0.15, 0.2) is 0 Å². The molecule has 2 rings (SSSR count). The summed E-state index contributed by atoms with van der Waals surface area (Å²) < 4.78 is 0. The summed E-state index contributed by atoms with van der Waals surface area (Å²) in [5, 5.41) is 10.3. The number of aliphatic hydroxyl groups is 1. The van der Waals surface area contributed by atoms with E-state index in [1.54, 1.807) is 0 Å². The highest BCUT2D eigenvalue weighted by atomic mass is 16.3. The average Bonchev–Trinajstić information content (AvgIpc) is 2.39. The third-order valence-corrected chi connectivity index (χ3v) is 5.60. The van der Waals surface area contributed by atoms with E-state index >= 15 is 0 Å². The van der Waals surface area contributed by atoms with Gasteiger partial charge in [-0.1, -0.05) is 42.4 Å². The molecule has 2 aliphatic rings. The van der Waals surface area contributed by atoms with Crippen molar-refractivity contribution < 1.29 is 5.11 Å². The molecule has 0 bridgehead atoms. The molecular weight excluding hydrogens is 256 g/mol. The lowest BCUT2D eigenvalue weighted by atomic mass is 9.49. The van der Waals surface area contributed by atoms with Crippen molar-refractivity contribution in [3.8, 4) is 0 Å². The Kier molecular flexibility index (Phi) is 5.14. The highest BCUT2D eigenvalue weighted by molar-refractivity contribution is 5.18. The third-order valence-electron chi connectivity index (χ3n) is 5.60. The standard InChI is InChI=1S/C20H32O/c1-14(2)11-17(21)12-20(5)13-18-16(4)8-6-7-15(3)9-10-19(18)20/h7,11,17-19,21H,4,6,8-10,12-13H2,1-3,5H3/b15-7+/t17-,18-,19-,20-/m0/s1. The fraction of sp³-hybridized carbons (Fsp3) is 0.700. The number of fused-ring (bicyclic) bond motifs is 1. The Morgan fingerprint density at radius 3 is 2.86 bits per heavy atom. The van der Waals surface area contributed by atoms with Crippen LogP contribution in [0.2, 0.25) is 0 Å². The molecule has 1 N–H and O–H groups in total. The van der Waals surface area contributed by atoms with Crippen LogP contribution in [0.25, 0.3) is 0 Å². The van der Waals surface area contributed by atoms with E-state index in [4.69, 9.17) is 0 Å². The normalized spacial score (nSPS) is 37.0. The third kappa shape index (κ3) is 3.88. The quantitative estimate of drug-likeness (QED) is 0.687. The zero-order valence-corrected chi connectivity index (χ0v) is 14.3. The van der Waals surface area contributed by atoms with Gasteiger partial charge < -0.3 is 5.11 Å². The summed E-state index contributed by atoms with van der Waals surface area (Å²) in [6, 6.07) is 0. The van der Waals surface area contributed by atoms with Crippen LogP contribution in [-0.4, -0.2) is 11.2 Å². The van der Waals surface area contributed by atoms with Crippen molar-refractivity contribution >= 4 is 0 Å². The molecule has 4 atom stereocenters. The predicted molar refractivity (Wildman–Crippen MR) is 91.1 cm³/mol. The van der Waals surface area contributed by atoms with Crippen LogP contribution >= 0.6 is 0 Å². The van der Waals surface area contributed by atoms with Gasteiger partial charge in [-0.2, -0.15) is 0 Å². The molecule has 0 aromatic carbocycles. The maximum absolute atomic E-state index is 10.3. The molecule has 21 heavy (non-hydrogen) atoms. The Bertz CT molecular complexity index is 452. The predicted octanol–water partition coefficient (Wildman–Crippen LogP) is 5.42. The van der Waals surface area contributed by atoms with Gasteiger partial charge in [0.05, 0.1) is 6.10 Å². The zero-order valence-electron chi connectivity index (χ0n) is 14.3. The summed E-state index contributed by atoms with van der Waals surface area (Å²) in [5.74, 6) is 1.39. The minimum absolute atomic E-state index is 0.281. The molecule has 0 aromatic heterocycles. The molecule has 0 amide bonds. The molecular formula is C20H32O. The second-order valence-corrected chi connectivity index (χ2v) is 7.87. The topological polar surface area (TPSA) is 20.2 Å². The van der Waals surface area contributed by atoms with Crippen LogP contribution in [0.1, 0.15) is 66.2 Å². The van der Waals surface area contributed by atoms with Crippen LogP contribution in [0.5, 0.6) is 0 Å². The summed E-state index contributed by atoms with van der Waals surface area (Å²) in [7, 11) is 0. The van der Waals surface area contributed by atoms with Crippen LogP contribution in [0.4, 0.5) is 0 Å². The van der Waals surface area contributed by atoms with Crippen molar-refractivity contribution in [3.05, 3.63) is 35.5 Å². The van der Waals surface area contributed by atoms with E-state index in [0.29, 0.717) is 11.8 Å². The number of allylic oxidation sites excluding steroid dienone is 4. The summed E-state index contributed by atoms with van der Waals surface area (Å²) >= 11 is 0. The molecule has 0 aliphatic heterocycles. The monoisotopic (exact) mass is 288 g/mol. The summed E-state index contributed by atoms with van der Waals surface area (Å²) in [5.41, 5.74) is 4.46. The molecule has 0 spiro atoms. The van der Waals surface area contributed by atoms with Crippen molar-refractivity contribution in [2.24, 2.45) is 17.3 Å². The molecule has 118 valence electrons. The molecule has 1 nitrogen and oxygen atoms in total. The molecule has 2 aliphatic carbocycles. The average molecular weight is 288 g/mol. The van der Waals surface area contributed by atoms with Crippen LogP contribution in [-0.2, 0) is 0 Å². The van der Waals surface area contributed by atoms with Crippen molar-refractivity contribution in [2.45, 2.75) is 72.3 Å². The Morgan fingerprint density at radius 2 is 2.19 bits per heavy atom. The van der Waals surface area contributed by atoms with Crippen LogP contribution in [0, 0.1) is 17.3 Å². The SMILES string of the molecule is C=C1CC/C=C(\C)CC[C@H]2[C@H]1C[C@]2(C)C[C@@H](O)C=C(C)C. The van der Waals surface area contributed by atoms with E-state index in [2.05, 4.69) is 40.3 Å². The molecule has 0 unspecified atom stereocenters.